The molecule has 1 amide bonds. The van der Waals surface area contributed by atoms with Crippen molar-refractivity contribution >= 4 is 29.8 Å². The Morgan fingerprint density at radius 3 is 2.20 bits per heavy atom. The average Bonchev–Trinajstić information content (AvgIpc) is 3.41. The molecule has 0 spiro atoms. The van der Waals surface area contributed by atoms with Crippen molar-refractivity contribution in [2.45, 2.75) is 104 Å². The summed E-state index contributed by atoms with van der Waals surface area (Å²) in [6.07, 6.45) is -5.29. The van der Waals surface area contributed by atoms with Gasteiger partial charge in [0.25, 0.3) is 0 Å². The van der Waals surface area contributed by atoms with Crippen LogP contribution in [0, 0.1) is 6.92 Å². The number of amides is 1. The Balaban J connectivity index is 1.88. The number of aromatic nitrogens is 2. The minimum absolute atomic E-state index is 0.00439. The first-order valence-electron chi connectivity index (χ1n) is 16.4. The summed E-state index contributed by atoms with van der Waals surface area (Å²) in [7, 11) is 0. The van der Waals surface area contributed by atoms with Crippen molar-refractivity contribution in [1.82, 2.24) is 15.5 Å². The van der Waals surface area contributed by atoms with Gasteiger partial charge < -0.3 is 44.2 Å². The third kappa shape index (κ3) is 12.0. The van der Waals surface area contributed by atoms with Crippen molar-refractivity contribution in [3.05, 3.63) is 40.6 Å². The average molecular weight is 705 g/mol. The van der Waals surface area contributed by atoms with Crippen LogP contribution in [0.4, 0.5) is 0 Å². The second-order valence-corrected chi connectivity index (χ2v) is 12.2. The highest BCUT2D eigenvalue weighted by molar-refractivity contribution is 5.73. The maximum Gasteiger partial charge on any atom is 0.303 e. The Bertz CT molecular complexity index is 1490. The molecule has 1 unspecified atom stereocenters. The molecule has 1 aromatic heterocycles. The standard InChI is InChI=1S/C34H48N4O12/c1-18(2)29-26(16-24-9-10-25(15-19(24)3)44-14-8-12-36-13-11-28(35)43)33(38-37-29)50-34-32(48-23(7)42)31(47-22(6)41)30(46-21(5)40)27(49-34)17-45-20(4)39/h9-10,15,18,27,30-32,34,36H,8,11-14,16-17H2,1-7H3,(H2,35,43)(H,37,38)/t27-,30+,31+,32-,34?/m1/s1. The normalized spacial score (nSPS) is 20.1. The van der Waals surface area contributed by atoms with E-state index in [2.05, 4.69) is 15.5 Å². The molecule has 4 N–H and O–H groups in total. The van der Waals surface area contributed by atoms with Crippen LogP contribution in [0.2, 0.25) is 0 Å². The fraction of sp³-hybridized carbons (Fsp3) is 0.588. The minimum Gasteiger partial charge on any atom is -0.494 e. The summed E-state index contributed by atoms with van der Waals surface area (Å²) in [6, 6.07) is 5.76. The lowest BCUT2D eigenvalue weighted by atomic mass is 9.96. The van der Waals surface area contributed by atoms with Crippen molar-refractivity contribution in [3.63, 3.8) is 0 Å². The second kappa shape index (κ2) is 18.9. The highest BCUT2D eigenvalue weighted by atomic mass is 16.7. The predicted octanol–water partition coefficient (Wildman–Crippen LogP) is 2.13. The molecule has 1 aromatic carbocycles. The van der Waals surface area contributed by atoms with Crippen LogP contribution in [0.3, 0.4) is 0 Å². The third-order valence-electron chi connectivity index (χ3n) is 7.61. The number of hydrogen-bond donors (Lipinski definition) is 3. The molecule has 3 rings (SSSR count). The highest BCUT2D eigenvalue weighted by Crippen LogP contribution is 2.34. The van der Waals surface area contributed by atoms with Crippen molar-refractivity contribution in [2.24, 2.45) is 5.73 Å². The molecular formula is C34H48N4O12. The number of benzene rings is 1. The molecule has 16 heteroatoms. The topological polar surface area (TPSA) is 217 Å². The number of esters is 4. The zero-order chi connectivity index (χ0) is 37.0. The van der Waals surface area contributed by atoms with Crippen molar-refractivity contribution in [1.29, 1.82) is 0 Å². The number of hydrogen-bond acceptors (Lipinski definition) is 14. The van der Waals surface area contributed by atoms with E-state index in [0.29, 0.717) is 37.4 Å². The Morgan fingerprint density at radius 2 is 1.60 bits per heavy atom. The molecule has 50 heavy (non-hydrogen) atoms. The second-order valence-electron chi connectivity index (χ2n) is 12.2. The molecule has 2 heterocycles. The number of H-pyrrole nitrogens is 1. The third-order valence-corrected chi connectivity index (χ3v) is 7.61. The molecule has 1 fully saturated rings. The Kier molecular flexibility index (Phi) is 15.0. The van der Waals surface area contributed by atoms with E-state index < -0.39 is 54.6 Å². The quantitative estimate of drug-likeness (QED) is 0.115. The number of aryl methyl sites for hydroxylation is 1. The number of primary amides is 1. The van der Waals surface area contributed by atoms with E-state index in [9.17, 15) is 24.0 Å². The fourth-order valence-corrected chi connectivity index (χ4v) is 5.37. The number of aromatic amines is 1. The summed E-state index contributed by atoms with van der Waals surface area (Å²) in [4.78, 5) is 59.1. The lowest BCUT2D eigenvalue weighted by molar-refractivity contribution is -0.289. The van der Waals surface area contributed by atoms with Crippen LogP contribution in [0.5, 0.6) is 11.6 Å². The predicted molar refractivity (Wildman–Crippen MR) is 176 cm³/mol. The monoisotopic (exact) mass is 704 g/mol. The van der Waals surface area contributed by atoms with Crippen LogP contribution in [0.1, 0.15) is 82.7 Å². The van der Waals surface area contributed by atoms with E-state index in [1.165, 1.54) is 6.92 Å². The van der Waals surface area contributed by atoms with Crippen LogP contribution in [0.25, 0.3) is 0 Å². The first-order valence-corrected chi connectivity index (χ1v) is 16.4. The van der Waals surface area contributed by atoms with Crippen molar-refractivity contribution < 1.29 is 57.1 Å². The molecule has 5 atom stereocenters. The van der Waals surface area contributed by atoms with Gasteiger partial charge in [-0.2, -0.15) is 0 Å². The Hall–Kier alpha value is -4.70. The van der Waals surface area contributed by atoms with E-state index >= 15 is 0 Å². The molecule has 2 aromatic rings. The lowest BCUT2D eigenvalue weighted by Crippen LogP contribution is -2.63. The highest BCUT2D eigenvalue weighted by Gasteiger charge is 2.53. The first kappa shape index (κ1) is 39.7. The van der Waals surface area contributed by atoms with Crippen LogP contribution in [-0.4, -0.2) is 97.0 Å². The number of nitrogens with two attached hydrogens (primary N) is 1. The lowest BCUT2D eigenvalue weighted by Gasteiger charge is -2.43. The van der Waals surface area contributed by atoms with E-state index in [0.717, 1.165) is 44.0 Å². The van der Waals surface area contributed by atoms with E-state index in [1.807, 2.05) is 39.0 Å². The zero-order valence-corrected chi connectivity index (χ0v) is 29.6. The number of nitrogens with one attached hydrogen (secondary N) is 2. The fourth-order valence-electron chi connectivity index (χ4n) is 5.37. The van der Waals surface area contributed by atoms with Gasteiger partial charge in [0.1, 0.15) is 18.5 Å². The molecule has 0 radical (unpaired) electrons. The van der Waals surface area contributed by atoms with Gasteiger partial charge in [-0.25, -0.2) is 0 Å². The molecule has 1 aliphatic rings. The van der Waals surface area contributed by atoms with Crippen LogP contribution >= 0.6 is 0 Å². The van der Waals surface area contributed by atoms with E-state index in [1.54, 1.807) is 0 Å². The SMILES string of the molecule is CC(=O)OC[C@H]1OC(Oc2n[nH]c(C(C)C)c2Cc2ccc(OCCCNCCC(N)=O)cc2C)[C@H](OC(C)=O)[C@@H](OC(C)=O)[C@H]1OC(C)=O. The number of carbonyl (C=O) groups is 5. The first-order chi connectivity index (χ1) is 23.7. The summed E-state index contributed by atoms with van der Waals surface area (Å²) in [5, 5.41) is 10.6. The van der Waals surface area contributed by atoms with Gasteiger partial charge in [0.15, 0.2) is 12.2 Å². The molecule has 1 aliphatic heterocycles. The molecule has 276 valence electrons. The van der Waals surface area contributed by atoms with E-state index in [-0.39, 0.29) is 30.7 Å². The van der Waals surface area contributed by atoms with E-state index in [4.69, 9.17) is 38.9 Å². The Morgan fingerprint density at radius 1 is 0.940 bits per heavy atom. The number of rotatable bonds is 18. The summed E-state index contributed by atoms with van der Waals surface area (Å²) in [5.41, 5.74) is 8.55. The molecular weight excluding hydrogens is 656 g/mol. The molecule has 16 nitrogen and oxygen atoms in total. The van der Waals surface area contributed by atoms with Crippen molar-refractivity contribution in [3.8, 4) is 11.6 Å². The van der Waals surface area contributed by atoms with Crippen LogP contribution in [-0.2, 0) is 54.1 Å². The van der Waals surface area contributed by atoms with Gasteiger partial charge in [0, 0.05) is 58.3 Å². The number of nitrogens with zero attached hydrogens (tertiary/aromatic N) is 1. The van der Waals surface area contributed by atoms with Gasteiger partial charge in [-0.05, 0) is 49.1 Å². The van der Waals surface area contributed by atoms with Crippen molar-refractivity contribution in [2.75, 3.05) is 26.3 Å². The zero-order valence-electron chi connectivity index (χ0n) is 29.6. The Labute approximate surface area is 290 Å². The largest absolute Gasteiger partial charge is 0.494 e. The smallest absolute Gasteiger partial charge is 0.303 e. The summed E-state index contributed by atoms with van der Waals surface area (Å²) >= 11 is 0. The molecule has 0 bridgehead atoms. The van der Waals surface area contributed by atoms with Crippen LogP contribution < -0.4 is 20.5 Å². The summed E-state index contributed by atoms with van der Waals surface area (Å²) in [6.45, 7) is 11.9. The molecule has 1 saturated heterocycles. The van der Waals surface area contributed by atoms with Gasteiger partial charge >= 0.3 is 23.9 Å². The van der Waals surface area contributed by atoms with Gasteiger partial charge in [0.2, 0.25) is 24.2 Å². The van der Waals surface area contributed by atoms with Gasteiger partial charge in [-0.3, -0.25) is 29.1 Å². The maximum absolute atomic E-state index is 12.3. The summed E-state index contributed by atoms with van der Waals surface area (Å²) in [5.74, 6) is -2.36. The van der Waals surface area contributed by atoms with Gasteiger partial charge in [0.05, 0.1) is 6.61 Å². The molecule has 0 saturated carbocycles. The number of ether oxygens (including phenoxy) is 7. The summed E-state index contributed by atoms with van der Waals surface area (Å²) < 4.78 is 40.0. The molecule has 0 aliphatic carbocycles. The van der Waals surface area contributed by atoms with Gasteiger partial charge in [-0.15, -0.1) is 5.10 Å². The minimum atomic E-state index is -1.43. The number of carbonyl (C=O) groups excluding carboxylic acids is 5. The maximum atomic E-state index is 12.3. The van der Waals surface area contributed by atoms with Gasteiger partial charge in [-0.1, -0.05) is 19.9 Å². The van der Waals surface area contributed by atoms with Crippen LogP contribution in [0.15, 0.2) is 18.2 Å².